The number of nitrogens with zero attached hydrogens (tertiary/aromatic N) is 1. The molecule has 1 saturated carbocycles. The lowest BCUT2D eigenvalue weighted by Crippen LogP contribution is -2.40. The highest BCUT2D eigenvalue weighted by molar-refractivity contribution is 5.80. The number of rotatable bonds is 7. The number of amides is 1. The van der Waals surface area contributed by atoms with Crippen molar-refractivity contribution in [2.45, 2.75) is 39.3 Å². The SMILES string of the molecule is CC(C)CC1NCC(=O)N1CCOCC1CC1. The molecule has 1 unspecified atom stereocenters. The van der Waals surface area contributed by atoms with Crippen molar-refractivity contribution in [2.75, 3.05) is 26.3 Å². The zero-order valence-corrected chi connectivity index (χ0v) is 10.9. The van der Waals surface area contributed by atoms with Crippen LogP contribution in [0, 0.1) is 11.8 Å². The second-order valence-corrected chi connectivity index (χ2v) is 5.63. The minimum atomic E-state index is 0.214. The molecule has 0 aromatic carbocycles. The second-order valence-electron chi connectivity index (χ2n) is 5.63. The Morgan fingerprint density at radius 1 is 1.47 bits per heavy atom. The van der Waals surface area contributed by atoms with E-state index in [1.807, 2.05) is 4.90 Å². The van der Waals surface area contributed by atoms with E-state index in [0.29, 0.717) is 19.1 Å². The van der Waals surface area contributed by atoms with Gasteiger partial charge in [0.05, 0.1) is 19.3 Å². The molecular formula is C13H24N2O2. The first-order chi connectivity index (χ1) is 8.16. The van der Waals surface area contributed by atoms with E-state index >= 15 is 0 Å². The summed E-state index contributed by atoms with van der Waals surface area (Å²) in [6.45, 7) is 7.15. The highest BCUT2D eigenvalue weighted by atomic mass is 16.5. The van der Waals surface area contributed by atoms with Crippen LogP contribution < -0.4 is 5.32 Å². The standard InChI is InChI=1S/C13H24N2O2/c1-10(2)7-12-14-8-13(16)15(12)5-6-17-9-11-3-4-11/h10-12,14H,3-9H2,1-2H3. The molecule has 0 bridgehead atoms. The van der Waals surface area contributed by atoms with Gasteiger partial charge in [0.15, 0.2) is 0 Å². The van der Waals surface area contributed by atoms with Crippen LogP contribution in [0.15, 0.2) is 0 Å². The molecule has 0 spiro atoms. The smallest absolute Gasteiger partial charge is 0.237 e. The van der Waals surface area contributed by atoms with Crippen molar-refractivity contribution in [3.05, 3.63) is 0 Å². The van der Waals surface area contributed by atoms with Gasteiger partial charge in [0.2, 0.25) is 5.91 Å². The van der Waals surface area contributed by atoms with Gasteiger partial charge in [-0.1, -0.05) is 13.8 Å². The Bertz CT molecular complexity index is 264. The summed E-state index contributed by atoms with van der Waals surface area (Å²) in [7, 11) is 0. The van der Waals surface area contributed by atoms with Gasteiger partial charge in [-0.25, -0.2) is 0 Å². The van der Waals surface area contributed by atoms with Gasteiger partial charge in [0.1, 0.15) is 0 Å². The molecule has 1 atom stereocenters. The highest BCUT2D eigenvalue weighted by Crippen LogP contribution is 2.28. The van der Waals surface area contributed by atoms with Gasteiger partial charge in [-0.3, -0.25) is 10.1 Å². The summed E-state index contributed by atoms with van der Waals surface area (Å²) < 4.78 is 5.60. The minimum absolute atomic E-state index is 0.214. The molecule has 0 radical (unpaired) electrons. The third-order valence-corrected chi connectivity index (χ3v) is 3.41. The van der Waals surface area contributed by atoms with Crippen LogP contribution in [0.4, 0.5) is 0 Å². The lowest BCUT2D eigenvalue weighted by atomic mass is 10.1. The normalized spacial score (nSPS) is 25.0. The van der Waals surface area contributed by atoms with Crippen molar-refractivity contribution < 1.29 is 9.53 Å². The lowest BCUT2D eigenvalue weighted by molar-refractivity contribution is -0.128. The Balaban J connectivity index is 1.69. The van der Waals surface area contributed by atoms with E-state index in [1.54, 1.807) is 0 Å². The number of ether oxygens (including phenoxy) is 1. The molecule has 1 aliphatic carbocycles. The van der Waals surface area contributed by atoms with Crippen molar-refractivity contribution in [3.63, 3.8) is 0 Å². The summed E-state index contributed by atoms with van der Waals surface area (Å²) in [5.74, 6) is 1.62. The maximum atomic E-state index is 11.7. The molecule has 1 amide bonds. The summed E-state index contributed by atoms with van der Waals surface area (Å²) >= 11 is 0. The van der Waals surface area contributed by atoms with Gasteiger partial charge in [0.25, 0.3) is 0 Å². The number of carbonyl (C=O) groups is 1. The molecule has 4 heteroatoms. The minimum Gasteiger partial charge on any atom is -0.379 e. The zero-order valence-electron chi connectivity index (χ0n) is 10.9. The first-order valence-corrected chi connectivity index (χ1v) is 6.77. The number of nitrogens with one attached hydrogen (secondary N) is 1. The van der Waals surface area contributed by atoms with Crippen LogP contribution in [0.1, 0.15) is 33.1 Å². The van der Waals surface area contributed by atoms with Gasteiger partial charge < -0.3 is 9.64 Å². The monoisotopic (exact) mass is 240 g/mol. The van der Waals surface area contributed by atoms with E-state index in [1.165, 1.54) is 12.8 Å². The summed E-state index contributed by atoms with van der Waals surface area (Å²) in [5, 5.41) is 3.27. The van der Waals surface area contributed by atoms with E-state index < -0.39 is 0 Å². The molecule has 2 aliphatic rings. The van der Waals surface area contributed by atoms with Crippen LogP contribution in [0.5, 0.6) is 0 Å². The van der Waals surface area contributed by atoms with Crippen molar-refractivity contribution in [3.8, 4) is 0 Å². The average Bonchev–Trinajstić information content (AvgIpc) is 3.02. The summed E-state index contributed by atoms with van der Waals surface area (Å²) in [4.78, 5) is 13.7. The summed E-state index contributed by atoms with van der Waals surface area (Å²) in [6.07, 6.45) is 3.88. The fraction of sp³-hybridized carbons (Fsp3) is 0.923. The first-order valence-electron chi connectivity index (χ1n) is 6.77. The van der Waals surface area contributed by atoms with E-state index in [-0.39, 0.29) is 12.1 Å². The maximum absolute atomic E-state index is 11.7. The van der Waals surface area contributed by atoms with Gasteiger partial charge in [-0.2, -0.15) is 0 Å². The van der Waals surface area contributed by atoms with Crippen LogP contribution in [0.2, 0.25) is 0 Å². The molecule has 2 fully saturated rings. The molecule has 1 heterocycles. The Morgan fingerprint density at radius 2 is 2.24 bits per heavy atom. The molecule has 0 aromatic heterocycles. The number of hydrogen-bond acceptors (Lipinski definition) is 3. The van der Waals surface area contributed by atoms with Crippen LogP contribution in [0.25, 0.3) is 0 Å². The molecule has 17 heavy (non-hydrogen) atoms. The quantitative estimate of drug-likeness (QED) is 0.680. The summed E-state index contributed by atoms with van der Waals surface area (Å²) in [5.41, 5.74) is 0. The lowest BCUT2D eigenvalue weighted by Gasteiger charge is -2.25. The Hall–Kier alpha value is -0.610. The predicted molar refractivity (Wildman–Crippen MR) is 66.5 cm³/mol. The number of carbonyl (C=O) groups excluding carboxylic acids is 1. The van der Waals surface area contributed by atoms with E-state index in [0.717, 1.165) is 25.5 Å². The predicted octanol–water partition coefficient (Wildman–Crippen LogP) is 1.22. The molecule has 1 N–H and O–H groups in total. The first kappa shape index (κ1) is 12.8. The van der Waals surface area contributed by atoms with Crippen molar-refractivity contribution in [2.24, 2.45) is 11.8 Å². The highest BCUT2D eigenvalue weighted by Gasteiger charge is 2.30. The van der Waals surface area contributed by atoms with Crippen LogP contribution in [-0.4, -0.2) is 43.3 Å². The van der Waals surface area contributed by atoms with Crippen molar-refractivity contribution in [1.82, 2.24) is 10.2 Å². The van der Waals surface area contributed by atoms with Crippen LogP contribution in [-0.2, 0) is 9.53 Å². The van der Waals surface area contributed by atoms with Crippen molar-refractivity contribution >= 4 is 5.91 Å². The van der Waals surface area contributed by atoms with E-state index in [9.17, 15) is 4.79 Å². The third-order valence-electron chi connectivity index (χ3n) is 3.41. The fourth-order valence-corrected chi connectivity index (χ4v) is 2.23. The van der Waals surface area contributed by atoms with E-state index in [4.69, 9.17) is 4.74 Å². The Morgan fingerprint density at radius 3 is 2.88 bits per heavy atom. The van der Waals surface area contributed by atoms with Crippen molar-refractivity contribution in [1.29, 1.82) is 0 Å². The molecule has 1 aliphatic heterocycles. The molecule has 98 valence electrons. The maximum Gasteiger partial charge on any atom is 0.237 e. The average molecular weight is 240 g/mol. The topological polar surface area (TPSA) is 41.6 Å². The summed E-state index contributed by atoms with van der Waals surface area (Å²) in [6, 6.07) is 0. The van der Waals surface area contributed by atoms with Crippen LogP contribution in [0.3, 0.4) is 0 Å². The molecule has 1 saturated heterocycles. The Kier molecular flexibility index (Phi) is 4.40. The Labute approximate surface area is 104 Å². The molecule has 2 rings (SSSR count). The number of hydrogen-bond donors (Lipinski definition) is 1. The zero-order chi connectivity index (χ0) is 12.3. The van der Waals surface area contributed by atoms with Gasteiger partial charge in [-0.15, -0.1) is 0 Å². The van der Waals surface area contributed by atoms with Gasteiger partial charge in [-0.05, 0) is 31.1 Å². The largest absolute Gasteiger partial charge is 0.379 e. The van der Waals surface area contributed by atoms with Gasteiger partial charge in [0, 0.05) is 13.2 Å². The molecular weight excluding hydrogens is 216 g/mol. The molecule has 4 nitrogen and oxygen atoms in total. The fourth-order valence-electron chi connectivity index (χ4n) is 2.23. The third kappa shape index (κ3) is 3.96. The molecule has 0 aromatic rings. The van der Waals surface area contributed by atoms with E-state index in [2.05, 4.69) is 19.2 Å². The van der Waals surface area contributed by atoms with Crippen LogP contribution >= 0.6 is 0 Å². The van der Waals surface area contributed by atoms with Gasteiger partial charge >= 0.3 is 0 Å². The second kappa shape index (κ2) is 5.83.